The molecule has 90 heavy (non-hydrogen) atoms. The van der Waals surface area contributed by atoms with Gasteiger partial charge in [0.15, 0.2) is 0 Å². The highest BCUT2D eigenvalue weighted by Crippen LogP contribution is 2.65. The normalized spacial score (nSPS) is 12.9. The van der Waals surface area contributed by atoms with Crippen molar-refractivity contribution in [2.24, 2.45) is 0 Å². The molecule has 0 N–H and O–H groups in total. The van der Waals surface area contributed by atoms with Gasteiger partial charge in [0, 0.05) is 0 Å². The van der Waals surface area contributed by atoms with Crippen molar-refractivity contribution in [1.82, 2.24) is 0 Å². The predicted molar refractivity (Wildman–Crippen MR) is 387 cm³/mol. The van der Waals surface area contributed by atoms with E-state index in [0.717, 1.165) is 0 Å². The summed E-state index contributed by atoms with van der Waals surface area (Å²) in [4.78, 5) is 0. The molecular weight excluding hydrogens is 1080 g/mol. The van der Waals surface area contributed by atoms with Crippen molar-refractivity contribution in [3.8, 4) is 89.0 Å². The summed E-state index contributed by atoms with van der Waals surface area (Å²) < 4.78 is 0. The summed E-state index contributed by atoms with van der Waals surface area (Å²) in [5.41, 5.74) is 20.7. The molecule has 2 aliphatic rings. The molecule has 21 aromatic carbocycles. The van der Waals surface area contributed by atoms with Crippen molar-refractivity contribution >= 4 is 151 Å². The average Bonchev–Trinajstić information content (AvgIpc) is 1.48. The Labute approximate surface area is 515 Å². The molecule has 0 amide bonds. The van der Waals surface area contributed by atoms with E-state index >= 15 is 0 Å². The smallest absolute Gasteiger partial charge is 0.000718 e. The standard InChI is InChI=1S/C90H46/c1-2-24-60-59(23-1)85(73-45-57-21-5-13-49-31-35-53-17-9-27-63(73)81(53)77(49)57)89-69-41-39-67-83-65(71-43-55-19-3-11-47-29-33-51-15-7-25-61(71)79(51)75(47)55)37-38-66(72-44-56-20-4-12-48-30-34-52-16-8-26-62(72)80(52)76(48)56)84(83)68-40-42-70(88(69)87(67)68)90(89)86(60)74-46-58-22-6-14-50-32-36-54-18-10-28-64(74)82(54)78(50)58/h1-46H. The Kier molecular flexibility index (Phi) is 8.41. The molecule has 0 saturated heterocycles. The Morgan fingerprint density at radius 3 is 0.667 bits per heavy atom. The summed E-state index contributed by atoms with van der Waals surface area (Å²) in [6.07, 6.45) is 0. The van der Waals surface area contributed by atoms with Crippen molar-refractivity contribution in [2.75, 3.05) is 0 Å². The van der Waals surface area contributed by atoms with Crippen LogP contribution >= 0.6 is 0 Å². The van der Waals surface area contributed by atoms with E-state index in [9.17, 15) is 0 Å². The van der Waals surface area contributed by atoms with E-state index in [1.54, 1.807) is 0 Å². The van der Waals surface area contributed by atoms with E-state index in [4.69, 9.17) is 0 Å². The minimum absolute atomic E-state index is 1.27. The van der Waals surface area contributed by atoms with Crippen LogP contribution in [0.15, 0.2) is 279 Å². The fourth-order valence-corrected chi connectivity index (χ4v) is 18.4. The first-order valence-electron chi connectivity index (χ1n) is 31.7. The van der Waals surface area contributed by atoms with Crippen LogP contribution < -0.4 is 0 Å². The molecule has 0 atom stereocenters. The zero-order valence-electron chi connectivity index (χ0n) is 48.6. The Bertz CT molecular complexity index is 6460. The van der Waals surface area contributed by atoms with Gasteiger partial charge in [-0.25, -0.2) is 0 Å². The minimum atomic E-state index is 1.27. The molecule has 0 aromatic heterocycles. The highest BCUT2D eigenvalue weighted by atomic mass is 14.4. The zero-order chi connectivity index (χ0) is 57.9. The largest absolute Gasteiger partial charge is 0.0616 e. The first-order valence-corrected chi connectivity index (χ1v) is 31.7. The van der Waals surface area contributed by atoms with Crippen LogP contribution in [0, 0.1) is 0 Å². The summed E-state index contributed by atoms with van der Waals surface area (Å²) in [6, 6.07) is 108. The van der Waals surface area contributed by atoms with Gasteiger partial charge < -0.3 is 0 Å². The lowest BCUT2D eigenvalue weighted by Crippen LogP contribution is -1.96. The van der Waals surface area contributed by atoms with Gasteiger partial charge in [-0.3, -0.25) is 0 Å². The number of benzene rings is 21. The van der Waals surface area contributed by atoms with Gasteiger partial charge in [-0.15, -0.1) is 0 Å². The highest BCUT2D eigenvalue weighted by molar-refractivity contribution is 6.39. The fraction of sp³-hybridized carbons (Fsp3) is 0. The zero-order valence-corrected chi connectivity index (χ0v) is 48.6. The van der Waals surface area contributed by atoms with E-state index in [1.165, 1.54) is 240 Å². The van der Waals surface area contributed by atoms with Gasteiger partial charge in [0.05, 0.1) is 0 Å². The van der Waals surface area contributed by atoms with Crippen LogP contribution in [0.5, 0.6) is 0 Å². The summed E-state index contributed by atoms with van der Waals surface area (Å²) in [6.45, 7) is 0. The molecule has 21 aromatic rings. The van der Waals surface area contributed by atoms with Crippen LogP contribution in [0.4, 0.5) is 0 Å². The maximum absolute atomic E-state index is 2.54. The van der Waals surface area contributed by atoms with E-state index in [0.29, 0.717) is 0 Å². The Morgan fingerprint density at radius 2 is 0.344 bits per heavy atom. The topological polar surface area (TPSA) is 0 Å². The second kappa shape index (κ2) is 16.3. The van der Waals surface area contributed by atoms with Gasteiger partial charge in [0.2, 0.25) is 0 Å². The average molecular weight is 1130 g/mol. The molecule has 23 rings (SSSR count). The van der Waals surface area contributed by atoms with Crippen molar-refractivity contribution in [2.45, 2.75) is 0 Å². The summed E-state index contributed by atoms with van der Waals surface area (Å²) in [5.74, 6) is 0. The third-order valence-corrected chi connectivity index (χ3v) is 21.8. The second-order valence-electron chi connectivity index (χ2n) is 25.9. The first-order chi connectivity index (χ1) is 44.7. The summed E-state index contributed by atoms with van der Waals surface area (Å²) in [7, 11) is 0. The van der Waals surface area contributed by atoms with Crippen molar-refractivity contribution in [1.29, 1.82) is 0 Å². The molecule has 0 spiro atoms. The van der Waals surface area contributed by atoms with Crippen LogP contribution in [0.1, 0.15) is 0 Å². The lowest BCUT2D eigenvalue weighted by atomic mass is 9.79. The first kappa shape index (κ1) is 46.5. The highest BCUT2D eigenvalue weighted by Gasteiger charge is 2.38. The monoisotopic (exact) mass is 1130 g/mol. The Balaban J connectivity index is 0.893. The molecule has 0 bridgehead atoms. The quantitative estimate of drug-likeness (QED) is 0.154. The van der Waals surface area contributed by atoms with Crippen molar-refractivity contribution < 1.29 is 0 Å². The third-order valence-electron chi connectivity index (χ3n) is 21.8. The van der Waals surface area contributed by atoms with Gasteiger partial charge in [-0.1, -0.05) is 255 Å². The molecule has 406 valence electrons. The van der Waals surface area contributed by atoms with Gasteiger partial charge >= 0.3 is 0 Å². The molecule has 0 radical (unpaired) electrons. The summed E-state index contributed by atoms with van der Waals surface area (Å²) >= 11 is 0. The van der Waals surface area contributed by atoms with Crippen LogP contribution in [-0.2, 0) is 0 Å². The number of hydrogen-bond donors (Lipinski definition) is 0. The molecule has 0 heterocycles. The lowest BCUT2D eigenvalue weighted by Gasteiger charge is -2.24. The summed E-state index contributed by atoms with van der Waals surface area (Å²) in [5, 5.41) is 36.3. The molecule has 0 heteroatoms. The maximum Gasteiger partial charge on any atom is -0.000718 e. The third kappa shape index (κ3) is 5.59. The van der Waals surface area contributed by atoms with Crippen molar-refractivity contribution in [3.63, 3.8) is 0 Å². The molecule has 0 fully saturated rings. The van der Waals surface area contributed by atoms with E-state index in [-0.39, 0.29) is 0 Å². The minimum Gasteiger partial charge on any atom is -0.0616 e. The lowest BCUT2D eigenvalue weighted by molar-refractivity contribution is 1.63. The van der Waals surface area contributed by atoms with Gasteiger partial charge in [-0.2, -0.15) is 0 Å². The molecule has 0 unspecified atom stereocenters. The van der Waals surface area contributed by atoms with Gasteiger partial charge in [-0.05, 0) is 264 Å². The SMILES string of the molecule is c1cc2ccc3cccc4c(-c5ccc(-c6cc7cccc8ccc9cccc6c9c87)c6c5-c5ccc7c8c(ccc-6c58)-c5c-7c(-c6cc7cccc8ccc9cccc6c9c87)c6ccccc6c5-c5cc6cccc7ccc8cccc5c8c76)cc(c1)c2c34. The molecule has 0 saturated carbocycles. The molecule has 0 nitrogen and oxygen atoms in total. The second-order valence-corrected chi connectivity index (χ2v) is 25.9. The Morgan fingerprint density at radius 1 is 0.111 bits per heavy atom. The maximum atomic E-state index is 2.54. The predicted octanol–water partition coefficient (Wildman–Crippen LogP) is 25.5. The van der Waals surface area contributed by atoms with Crippen LogP contribution in [0.25, 0.3) is 240 Å². The number of rotatable bonds is 4. The molecule has 2 aliphatic carbocycles. The molecule has 0 aliphatic heterocycles. The van der Waals surface area contributed by atoms with E-state index in [1.807, 2.05) is 0 Å². The van der Waals surface area contributed by atoms with Crippen LogP contribution in [-0.4, -0.2) is 0 Å². The van der Waals surface area contributed by atoms with Crippen LogP contribution in [0.3, 0.4) is 0 Å². The van der Waals surface area contributed by atoms with E-state index in [2.05, 4.69) is 279 Å². The molecular formula is C90H46. The van der Waals surface area contributed by atoms with Crippen LogP contribution in [0.2, 0.25) is 0 Å². The van der Waals surface area contributed by atoms with Gasteiger partial charge in [0.25, 0.3) is 0 Å². The van der Waals surface area contributed by atoms with E-state index < -0.39 is 0 Å². The Hall–Kier alpha value is -11.7. The van der Waals surface area contributed by atoms with Gasteiger partial charge in [0.1, 0.15) is 0 Å². The fourth-order valence-electron chi connectivity index (χ4n) is 18.4. The number of fused-ring (bicyclic) bond motifs is 7. The van der Waals surface area contributed by atoms with Crippen molar-refractivity contribution in [3.05, 3.63) is 279 Å². The number of hydrogen-bond acceptors (Lipinski definition) is 0.